The van der Waals surface area contributed by atoms with Gasteiger partial charge in [-0.2, -0.15) is 0 Å². The number of nitrogens with one attached hydrogen (secondary N) is 2. The highest BCUT2D eigenvalue weighted by molar-refractivity contribution is 5.75. The van der Waals surface area contributed by atoms with E-state index >= 15 is 0 Å². The number of likely N-dealkylation sites (tertiary alicyclic amines) is 1. The number of pyridine rings is 1. The zero-order chi connectivity index (χ0) is 13.8. The smallest absolute Gasteiger partial charge is 0.137 e. The van der Waals surface area contributed by atoms with Gasteiger partial charge in [0.1, 0.15) is 5.65 Å². The second-order valence-corrected chi connectivity index (χ2v) is 5.92. The van der Waals surface area contributed by atoms with Crippen LogP contribution in [0.4, 0.5) is 0 Å². The molecule has 2 N–H and O–H groups in total. The maximum atomic E-state index is 4.60. The van der Waals surface area contributed by atoms with E-state index in [1.165, 1.54) is 31.3 Å². The first-order chi connectivity index (χ1) is 9.81. The number of hydrogen-bond acceptors (Lipinski definition) is 3. The molecule has 1 aliphatic heterocycles. The van der Waals surface area contributed by atoms with Crippen LogP contribution in [0.1, 0.15) is 25.5 Å². The van der Waals surface area contributed by atoms with E-state index in [1.54, 1.807) is 0 Å². The molecule has 20 heavy (non-hydrogen) atoms. The van der Waals surface area contributed by atoms with E-state index in [4.69, 9.17) is 0 Å². The minimum absolute atomic E-state index is 0.846. The fourth-order valence-electron chi connectivity index (χ4n) is 2.81. The lowest BCUT2D eigenvalue weighted by Gasteiger charge is -2.30. The Balaban J connectivity index is 1.41. The standard InChI is InChI=1S/C16H24N4/c1-13-5-9-20(10-6-13)11-8-17-12-15-3-2-14-4-7-18-16(14)19-15/h2-4,7,13,17H,5-6,8-12H2,1H3,(H,18,19). The van der Waals surface area contributed by atoms with E-state index in [0.717, 1.165) is 36.9 Å². The zero-order valence-corrected chi connectivity index (χ0v) is 12.2. The van der Waals surface area contributed by atoms with Crippen LogP contribution < -0.4 is 5.32 Å². The van der Waals surface area contributed by atoms with Crippen LogP contribution in [0.3, 0.4) is 0 Å². The van der Waals surface area contributed by atoms with Crippen molar-refractivity contribution in [3.63, 3.8) is 0 Å². The molecule has 0 spiro atoms. The monoisotopic (exact) mass is 272 g/mol. The quantitative estimate of drug-likeness (QED) is 0.821. The molecule has 0 aromatic carbocycles. The van der Waals surface area contributed by atoms with Gasteiger partial charge in [0.25, 0.3) is 0 Å². The number of rotatable bonds is 5. The SMILES string of the molecule is CC1CCN(CCNCc2ccc3cc[nH]c3n2)CC1. The molecule has 0 bridgehead atoms. The van der Waals surface area contributed by atoms with Crippen molar-refractivity contribution in [1.29, 1.82) is 0 Å². The Morgan fingerprint density at radius 3 is 3.00 bits per heavy atom. The Bertz CT molecular complexity index is 540. The van der Waals surface area contributed by atoms with Crippen molar-refractivity contribution >= 4 is 11.0 Å². The molecular formula is C16H24N4. The van der Waals surface area contributed by atoms with Crippen LogP contribution in [-0.4, -0.2) is 41.0 Å². The Hall–Kier alpha value is -1.39. The molecular weight excluding hydrogens is 248 g/mol. The molecule has 0 amide bonds. The van der Waals surface area contributed by atoms with Gasteiger partial charge in [0.2, 0.25) is 0 Å². The van der Waals surface area contributed by atoms with E-state index in [2.05, 4.69) is 45.3 Å². The third kappa shape index (κ3) is 3.38. The van der Waals surface area contributed by atoms with Crippen LogP contribution >= 0.6 is 0 Å². The van der Waals surface area contributed by atoms with Crippen molar-refractivity contribution in [3.05, 3.63) is 30.1 Å². The molecule has 2 aromatic rings. The van der Waals surface area contributed by atoms with Crippen LogP contribution in [0.5, 0.6) is 0 Å². The normalized spacial score (nSPS) is 17.9. The maximum absolute atomic E-state index is 4.60. The first-order valence-corrected chi connectivity index (χ1v) is 7.67. The summed E-state index contributed by atoms with van der Waals surface area (Å²) in [5, 5.41) is 4.68. The molecule has 0 saturated carbocycles. The van der Waals surface area contributed by atoms with Gasteiger partial charge in [0, 0.05) is 31.2 Å². The molecule has 1 saturated heterocycles. The summed E-state index contributed by atoms with van der Waals surface area (Å²) in [4.78, 5) is 10.3. The molecule has 4 heteroatoms. The summed E-state index contributed by atoms with van der Waals surface area (Å²) in [5.41, 5.74) is 2.08. The van der Waals surface area contributed by atoms with Gasteiger partial charge in [-0.05, 0) is 50.0 Å². The molecule has 0 aliphatic carbocycles. The summed E-state index contributed by atoms with van der Waals surface area (Å²) in [6.45, 7) is 7.92. The molecule has 1 aliphatic rings. The van der Waals surface area contributed by atoms with E-state index in [1.807, 2.05) is 6.20 Å². The zero-order valence-electron chi connectivity index (χ0n) is 12.2. The number of aromatic nitrogens is 2. The summed E-state index contributed by atoms with van der Waals surface area (Å²) in [6, 6.07) is 6.28. The molecule has 2 aromatic heterocycles. The summed E-state index contributed by atoms with van der Waals surface area (Å²) in [6.07, 6.45) is 4.64. The topological polar surface area (TPSA) is 44.0 Å². The number of piperidine rings is 1. The minimum atomic E-state index is 0.846. The van der Waals surface area contributed by atoms with E-state index in [-0.39, 0.29) is 0 Å². The second kappa shape index (κ2) is 6.37. The predicted octanol–water partition coefficient (Wildman–Crippen LogP) is 2.38. The lowest BCUT2D eigenvalue weighted by Crippen LogP contribution is -2.37. The molecule has 1 fully saturated rings. The van der Waals surface area contributed by atoms with Crippen LogP contribution in [-0.2, 0) is 6.54 Å². The highest BCUT2D eigenvalue weighted by Crippen LogP contribution is 2.15. The summed E-state index contributed by atoms with van der Waals surface area (Å²) >= 11 is 0. The van der Waals surface area contributed by atoms with Gasteiger partial charge in [0.05, 0.1) is 5.69 Å². The van der Waals surface area contributed by atoms with Crippen LogP contribution in [0.2, 0.25) is 0 Å². The average Bonchev–Trinajstić information content (AvgIpc) is 2.93. The Labute approximate surface area is 120 Å². The van der Waals surface area contributed by atoms with Crippen molar-refractivity contribution in [2.75, 3.05) is 26.2 Å². The number of nitrogens with zero attached hydrogens (tertiary/aromatic N) is 2. The highest BCUT2D eigenvalue weighted by Gasteiger charge is 2.14. The van der Waals surface area contributed by atoms with Crippen molar-refractivity contribution in [3.8, 4) is 0 Å². The van der Waals surface area contributed by atoms with E-state index in [9.17, 15) is 0 Å². The Morgan fingerprint density at radius 2 is 2.15 bits per heavy atom. The fraction of sp³-hybridized carbons (Fsp3) is 0.562. The van der Waals surface area contributed by atoms with Gasteiger partial charge in [-0.3, -0.25) is 0 Å². The summed E-state index contributed by atoms with van der Waals surface area (Å²) in [7, 11) is 0. The summed E-state index contributed by atoms with van der Waals surface area (Å²) in [5.74, 6) is 0.913. The van der Waals surface area contributed by atoms with Gasteiger partial charge in [-0.25, -0.2) is 4.98 Å². The Morgan fingerprint density at radius 1 is 1.30 bits per heavy atom. The predicted molar refractivity (Wildman–Crippen MR) is 82.6 cm³/mol. The van der Waals surface area contributed by atoms with Gasteiger partial charge < -0.3 is 15.2 Å². The van der Waals surface area contributed by atoms with Crippen LogP contribution in [0.25, 0.3) is 11.0 Å². The number of fused-ring (bicyclic) bond motifs is 1. The molecule has 0 atom stereocenters. The van der Waals surface area contributed by atoms with Crippen molar-refractivity contribution < 1.29 is 0 Å². The minimum Gasteiger partial charge on any atom is -0.346 e. The lowest BCUT2D eigenvalue weighted by molar-refractivity contribution is 0.193. The van der Waals surface area contributed by atoms with Crippen molar-refractivity contribution in [2.24, 2.45) is 5.92 Å². The number of H-pyrrole nitrogens is 1. The van der Waals surface area contributed by atoms with Crippen LogP contribution in [0.15, 0.2) is 24.4 Å². The maximum Gasteiger partial charge on any atom is 0.137 e. The van der Waals surface area contributed by atoms with Gasteiger partial charge in [-0.15, -0.1) is 0 Å². The van der Waals surface area contributed by atoms with Crippen molar-refractivity contribution in [1.82, 2.24) is 20.2 Å². The van der Waals surface area contributed by atoms with Gasteiger partial charge in [0.15, 0.2) is 0 Å². The average molecular weight is 272 g/mol. The first-order valence-electron chi connectivity index (χ1n) is 7.67. The largest absolute Gasteiger partial charge is 0.346 e. The summed E-state index contributed by atoms with van der Waals surface area (Å²) < 4.78 is 0. The lowest BCUT2D eigenvalue weighted by atomic mass is 9.99. The van der Waals surface area contributed by atoms with E-state index in [0.29, 0.717) is 0 Å². The van der Waals surface area contributed by atoms with Crippen molar-refractivity contribution in [2.45, 2.75) is 26.3 Å². The fourth-order valence-corrected chi connectivity index (χ4v) is 2.81. The second-order valence-electron chi connectivity index (χ2n) is 5.92. The van der Waals surface area contributed by atoms with Crippen LogP contribution in [0, 0.1) is 5.92 Å². The molecule has 4 nitrogen and oxygen atoms in total. The highest BCUT2D eigenvalue weighted by atomic mass is 15.1. The first kappa shape index (κ1) is 13.6. The Kier molecular flexibility index (Phi) is 4.33. The number of aromatic amines is 1. The van der Waals surface area contributed by atoms with Gasteiger partial charge in [-0.1, -0.05) is 6.92 Å². The molecule has 108 valence electrons. The molecule has 3 heterocycles. The number of hydrogen-bond donors (Lipinski definition) is 2. The third-order valence-electron chi connectivity index (χ3n) is 4.25. The molecule has 0 unspecified atom stereocenters. The molecule has 0 radical (unpaired) electrons. The van der Waals surface area contributed by atoms with E-state index < -0.39 is 0 Å². The third-order valence-corrected chi connectivity index (χ3v) is 4.25. The molecule has 3 rings (SSSR count). The van der Waals surface area contributed by atoms with Gasteiger partial charge >= 0.3 is 0 Å².